The summed E-state index contributed by atoms with van der Waals surface area (Å²) in [4.78, 5) is 0. The van der Waals surface area contributed by atoms with Crippen LogP contribution in [-0.4, -0.2) is 0 Å². The molecule has 2 aromatic carbocycles. The van der Waals surface area contributed by atoms with Crippen molar-refractivity contribution in [3.63, 3.8) is 0 Å². The van der Waals surface area contributed by atoms with Crippen LogP contribution in [0.25, 0.3) is 0 Å². The van der Waals surface area contributed by atoms with Crippen LogP contribution in [0.5, 0.6) is 5.75 Å². The number of hydrogen-bond acceptors (Lipinski definition) is 1. The van der Waals surface area contributed by atoms with Gasteiger partial charge >= 0.3 is 6.18 Å². The van der Waals surface area contributed by atoms with Crippen molar-refractivity contribution in [1.29, 1.82) is 0 Å². The van der Waals surface area contributed by atoms with Crippen LogP contribution in [0, 0.1) is 0 Å². The Morgan fingerprint density at radius 1 is 1.00 bits per heavy atom. The van der Waals surface area contributed by atoms with Crippen LogP contribution in [0.4, 0.5) is 13.2 Å². The summed E-state index contributed by atoms with van der Waals surface area (Å²) in [6.07, 6.45) is -4.35. The Morgan fingerprint density at radius 2 is 1.74 bits per heavy atom. The third-order valence-corrected chi connectivity index (χ3v) is 3.29. The third kappa shape index (κ3) is 3.73. The zero-order chi connectivity index (χ0) is 13.9. The zero-order valence-corrected chi connectivity index (χ0v) is 11.3. The predicted molar refractivity (Wildman–Crippen MR) is 69.9 cm³/mol. The minimum Gasteiger partial charge on any atom is -0.489 e. The van der Waals surface area contributed by atoms with E-state index in [0.717, 1.165) is 22.2 Å². The molecule has 0 amide bonds. The summed E-state index contributed by atoms with van der Waals surface area (Å²) in [5.74, 6) is 0.200. The normalized spacial score (nSPS) is 11.4. The molecule has 0 radical (unpaired) electrons. The Hall–Kier alpha value is -1.49. The molecule has 0 saturated heterocycles. The maximum atomic E-state index is 12.5. The summed E-state index contributed by atoms with van der Waals surface area (Å²) < 4.78 is 43.8. The van der Waals surface area contributed by atoms with E-state index in [1.165, 1.54) is 12.1 Å². The van der Waals surface area contributed by atoms with Gasteiger partial charge < -0.3 is 4.74 Å². The van der Waals surface area contributed by atoms with E-state index in [9.17, 15) is 13.2 Å². The van der Waals surface area contributed by atoms with Crippen LogP contribution in [0.1, 0.15) is 11.1 Å². The van der Waals surface area contributed by atoms with Crippen LogP contribution in [-0.2, 0) is 12.8 Å². The smallest absolute Gasteiger partial charge is 0.416 e. The molecule has 0 bridgehead atoms. The quantitative estimate of drug-likeness (QED) is 0.765. The predicted octanol–water partition coefficient (Wildman–Crippen LogP) is 5.05. The Balaban J connectivity index is 2.10. The van der Waals surface area contributed by atoms with Crippen molar-refractivity contribution in [3.8, 4) is 5.75 Å². The molecular formula is C14H10BrF3O. The van der Waals surface area contributed by atoms with Gasteiger partial charge in [0.2, 0.25) is 0 Å². The van der Waals surface area contributed by atoms with Crippen molar-refractivity contribution in [2.24, 2.45) is 0 Å². The summed E-state index contributed by atoms with van der Waals surface area (Å²) in [7, 11) is 0. The number of rotatable bonds is 3. The minimum atomic E-state index is -4.35. The summed E-state index contributed by atoms with van der Waals surface area (Å²) in [5.41, 5.74) is 0.164. The largest absolute Gasteiger partial charge is 0.489 e. The average molecular weight is 331 g/mol. The number of alkyl halides is 3. The number of halogens is 4. The lowest BCUT2D eigenvalue weighted by Gasteiger charge is -2.11. The molecular weight excluding hydrogens is 321 g/mol. The van der Waals surface area contributed by atoms with E-state index in [1.807, 2.05) is 24.3 Å². The molecule has 2 aromatic rings. The van der Waals surface area contributed by atoms with Crippen molar-refractivity contribution in [2.45, 2.75) is 12.8 Å². The Labute approximate surface area is 117 Å². The molecule has 0 aliphatic carbocycles. The summed E-state index contributed by atoms with van der Waals surface area (Å²) >= 11 is 3.36. The SMILES string of the molecule is FC(F)(F)c1cccc(OCc2ccccc2Br)c1. The van der Waals surface area contributed by atoms with E-state index in [2.05, 4.69) is 15.9 Å². The molecule has 0 aromatic heterocycles. The van der Waals surface area contributed by atoms with Gasteiger partial charge in [0, 0.05) is 10.0 Å². The fourth-order valence-electron chi connectivity index (χ4n) is 1.54. The summed E-state index contributed by atoms with van der Waals surface area (Å²) in [6, 6.07) is 12.3. The molecule has 0 atom stereocenters. The molecule has 5 heteroatoms. The average Bonchev–Trinajstić information content (AvgIpc) is 2.37. The molecule has 0 N–H and O–H groups in total. The molecule has 100 valence electrons. The maximum Gasteiger partial charge on any atom is 0.416 e. The first-order chi connectivity index (χ1) is 8.97. The molecule has 0 unspecified atom stereocenters. The van der Waals surface area contributed by atoms with Gasteiger partial charge in [0.05, 0.1) is 5.56 Å². The zero-order valence-electron chi connectivity index (χ0n) is 9.75. The molecule has 0 spiro atoms. The Bertz CT molecular complexity index is 567. The molecule has 1 nitrogen and oxygen atoms in total. The number of hydrogen-bond donors (Lipinski definition) is 0. The molecule has 19 heavy (non-hydrogen) atoms. The van der Waals surface area contributed by atoms with Crippen LogP contribution in [0.2, 0.25) is 0 Å². The molecule has 0 heterocycles. The lowest BCUT2D eigenvalue weighted by Crippen LogP contribution is -2.05. The summed E-state index contributed by atoms with van der Waals surface area (Å²) in [5, 5.41) is 0. The van der Waals surface area contributed by atoms with Gasteiger partial charge in [-0.1, -0.05) is 40.2 Å². The Kier molecular flexibility index (Phi) is 4.14. The van der Waals surface area contributed by atoms with Crippen molar-refractivity contribution in [3.05, 3.63) is 64.1 Å². The highest BCUT2D eigenvalue weighted by atomic mass is 79.9. The van der Waals surface area contributed by atoms with Crippen molar-refractivity contribution in [2.75, 3.05) is 0 Å². The topological polar surface area (TPSA) is 9.23 Å². The van der Waals surface area contributed by atoms with Crippen molar-refractivity contribution in [1.82, 2.24) is 0 Å². The van der Waals surface area contributed by atoms with Gasteiger partial charge in [-0.2, -0.15) is 13.2 Å². The summed E-state index contributed by atoms with van der Waals surface area (Å²) in [6.45, 7) is 0.211. The van der Waals surface area contributed by atoms with E-state index in [0.29, 0.717) is 0 Å². The van der Waals surface area contributed by atoms with Crippen LogP contribution in [0.15, 0.2) is 53.0 Å². The highest BCUT2D eigenvalue weighted by Crippen LogP contribution is 2.31. The monoisotopic (exact) mass is 330 g/mol. The van der Waals surface area contributed by atoms with Gasteiger partial charge in [-0.05, 0) is 24.3 Å². The van der Waals surface area contributed by atoms with Gasteiger partial charge in [-0.3, -0.25) is 0 Å². The number of benzene rings is 2. The van der Waals surface area contributed by atoms with Crippen LogP contribution in [0.3, 0.4) is 0 Å². The van der Waals surface area contributed by atoms with Gasteiger partial charge in [0.25, 0.3) is 0 Å². The van der Waals surface area contributed by atoms with Gasteiger partial charge in [0.1, 0.15) is 12.4 Å². The Morgan fingerprint density at radius 3 is 2.42 bits per heavy atom. The number of ether oxygens (including phenoxy) is 1. The van der Waals surface area contributed by atoms with Crippen LogP contribution >= 0.6 is 15.9 Å². The minimum absolute atomic E-state index is 0.200. The third-order valence-electron chi connectivity index (χ3n) is 2.51. The molecule has 2 rings (SSSR count). The standard InChI is InChI=1S/C14H10BrF3O/c15-13-7-2-1-4-10(13)9-19-12-6-3-5-11(8-12)14(16,17)18/h1-8H,9H2. The second-order valence-electron chi connectivity index (χ2n) is 3.91. The van der Waals surface area contributed by atoms with E-state index in [-0.39, 0.29) is 12.4 Å². The van der Waals surface area contributed by atoms with Crippen molar-refractivity contribution < 1.29 is 17.9 Å². The van der Waals surface area contributed by atoms with E-state index in [4.69, 9.17) is 4.74 Å². The maximum absolute atomic E-state index is 12.5. The second kappa shape index (κ2) is 5.65. The fraction of sp³-hybridized carbons (Fsp3) is 0.143. The molecule has 0 saturated carbocycles. The van der Waals surface area contributed by atoms with Crippen LogP contribution < -0.4 is 4.74 Å². The fourth-order valence-corrected chi connectivity index (χ4v) is 1.94. The molecule has 0 aliphatic rings. The highest BCUT2D eigenvalue weighted by molar-refractivity contribution is 9.10. The molecule has 0 fully saturated rings. The lowest BCUT2D eigenvalue weighted by molar-refractivity contribution is -0.137. The second-order valence-corrected chi connectivity index (χ2v) is 4.76. The lowest BCUT2D eigenvalue weighted by atomic mass is 10.2. The van der Waals surface area contributed by atoms with E-state index in [1.54, 1.807) is 0 Å². The molecule has 0 aliphatic heterocycles. The van der Waals surface area contributed by atoms with Crippen molar-refractivity contribution >= 4 is 15.9 Å². The van der Waals surface area contributed by atoms with Gasteiger partial charge in [-0.15, -0.1) is 0 Å². The van der Waals surface area contributed by atoms with Gasteiger partial charge in [0.15, 0.2) is 0 Å². The first-order valence-corrected chi connectivity index (χ1v) is 6.29. The first-order valence-electron chi connectivity index (χ1n) is 5.50. The highest BCUT2D eigenvalue weighted by Gasteiger charge is 2.30. The first kappa shape index (κ1) is 13.9. The van der Waals surface area contributed by atoms with E-state index < -0.39 is 11.7 Å². The van der Waals surface area contributed by atoms with Gasteiger partial charge in [-0.25, -0.2) is 0 Å². The van der Waals surface area contributed by atoms with E-state index >= 15 is 0 Å².